The number of Topliss-reactive ketones (excluding diaryl/α,β-unsaturated/α-hetero) is 1. The predicted octanol–water partition coefficient (Wildman–Crippen LogP) is 4.60. The second-order valence-electron chi connectivity index (χ2n) is 5.78. The lowest BCUT2D eigenvalue weighted by atomic mass is 9.86. The highest BCUT2D eigenvalue weighted by Crippen LogP contribution is 2.38. The number of nitro groups is 1. The first kappa shape index (κ1) is 15.1. The van der Waals surface area contributed by atoms with Gasteiger partial charge in [-0.25, -0.2) is 0 Å². The van der Waals surface area contributed by atoms with Crippen LogP contribution in [0.4, 0.5) is 5.69 Å². The Morgan fingerprint density at radius 3 is 2.56 bits per heavy atom. The molecule has 5 heteroatoms. The van der Waals surface area contributed by atoms with Gasteiger partial charge in [-0.2, -0.15) is 0 Å². The largest absolute Gasteiger partial charge is 0.493 e. The third-order valence-electron chi connectivity index (χ3n) is 4.42. The molecular formula is C20H13NO4. The maximum absolute atomic E-state index is 12.5. The minimum atomic E-state index is -0.415. The zero-order valence-electron chi connectivity index (χ0n) is 13.4. The third kappa shape index (κ3) is 2.29. The van der Waals surface area contributed by atoms with E-state index >= 15 is 0 Å². The number of benzene rings is 3. The highest BCUT2D eigenvalue weighted by molar-refractivity contribution is 6.23. The van der Waals surface area contributed by atoms with E-state index in [1.807, 2.05) is 30.3 Å². The maximum atomic E-state index is 12.5. The molecule has 0 unspecified atom stereocenters. The van der Waals surface area contributed by atoms with Crippen molar-refractivity contribution in [2.75, 3.05) is 7.11 Å². The number of non-ortho nitro benzene ring substituents is 1. The van der Waals surface area contributed by atoms with Gasteiger partial charge >= 0.3 is 0 Å². The fourth-order valence-electron chi connectivity index (χ4n) is 3.27. The minimum Gasteiger partial charge on any atom is -0.493 e. The molecular weight excluding hydrogens is 318 g/mol. The van der Waals surface area contributed by atoms with Crippen LogP contribution >= 0.6 is 0 Å². The average molecular weight is 331 g/mol. The lowest BCUT2D eigenvalue weighted by Crippen LogP contribution is -2.11. The van der Waals surface area contributed by atoms with Crippen LogP contribution in [-0.2, 0) is 4.74 Å². The fourth-order valence-corrected chi connectivity index (χ4v) is 3.27. The van der Waals surface area contributed by atoms with Gasteiger partial charge in [0.05, 0.1) is 12.0 Å². The van der Waals surface area contributed by atoms with Crippen molar-refractivity contribution in [3.05, 3.63) is 81.6 Å². The number of rotatable bonds is 3. The normalized spacial score (nSPS) is 12.8. The summed E-state index contributed by atoms with van der Waals surface area (Å²) in [5.41, 5.74) is 3.00. The van der Waals surface area contributed by atoms with E-state index in [1.54, 1.807) is 18.2 Å². The molecule has 25 heavy (non-hydrogen) atoms. The summed E-state index contributed by atoms with van der Waals surface area (Å²) in [6.45, 7) is 0. The Kier molecular flexibility index (Phi) is 3.35. The van der Waals surface area contributed by atoms with Crippen molar-refractivity contribution in [3.8, 4) is 11.1 Å². The zero-order valence-corrected chi connectivity index (χ0v) is 13.4. The molecule has 0 radical (unpaired) electrons. The summed E-state index contributed by atoms with van der Waals surface area (Å²) in [6.07, 6.45) is 1.71. The SMILES string of the molecule is COC1=Cc2c(-c3cccc([N+](=O)[O-])c3)ccc3cccc(c23)C1=O. The molecule has 5 nitrogen and oxygen atoms in total. The van der Waals surface area contributed by atoms with E-state index in [-0.39, 0.29) is 17.2 Å². The number of allylic oxidation sites excluding steroid dienone is 1. The van der Waals surface area contributed by atoms with Gasteiger partial charge in [-0.1, -0.05) is 42.5 Å². The number of carbonyl (C=O) groups is 1. The van der Waals surface area contributed by atoms with Crippen molar-refractivity contribution in [2.45, 2.75) is 0 Å². The van der Waals surface area contributed by atoms with E-state index in [4.69, 9.17) is 4.74 Å². The molecule has 0 aromatic heterocycles. The van der Waals surface area contributed by atoms with Crippen molar-refractivity contribution in [2.24, 2.45) is 0 Å². The Labute approximate surface area is 143 Å². The lowest BCUT2D eigenvalue weighted by molar-refractivity contribution is -0.384. The Bertz CT molecular complexity index is 1080. The van der Waals surface area contributed by atoms with Crippen molar-refractivity contribution in [1.82, 2.24) is 0 Å². The maximum Gasteiger partial charge on any atom is 0.270 e. The van der Waals surface area contributed by atoms with E-state index < -0.39 is 4.92 Å². The van der Waals surface area contributed by atoms with Gasteiger partial charge < -0.3 is 4.74 Å². The number of ether oxygens (including phenoxy) is 1. The second-order valence-corrected chi connectivity index (χ2v) is 5.78. The molecule has 1 aliphatic carbocycles. The van der Waals surface area contributed by atoms with Crippen LogP contribution in [0.1, 0.15) is 15.9 Å². The van der Waals surface area contributed by atoms with Crippen LogP contribution in [0.3, 0.4) is 0 Å². The summed E-state index contributed by atoms with van der Waals surface area (Å²) in [6, 6.07) is 15.9. The van der Waals surface area contributed by atoms with Crippen molar-refractivity contribution in [1.29, 1.82) is 0 Å². The number of methoxy groups -OCH3 is 1. The van der Waals surface area contributed by atoms with E-state index in [1.165, 1.54) is 19.2 Å². The molecule has 0 amide bonds. The van der Waals surface area contributed by atoms with Gasteiger partial charge in [0.2, 0.25) is 5.78 Å². The molecule has 0 fully saturated rings. The van der Waals surface area contributed by atoms with E-state index in [2.05, 4.69) is 0 Å². The van der Waals surface area contributed by atoms with Gasteiger partial charge in [0, 0.05) is 23.1 Å². The van der Waals surface area contributed by atoms with Crippen LogP contribution in [0.15, 0.2) is 60.4 Å². The van der Waals surface area contributed by atoms with Crippen molar-refractivity contribution in [3.63, 3.8) is 0 Å². The second kappa shape index (κ2) is 5.56. The monoisotopic (exact) mass is 331 g/mol. The molecule has 0 bridgehead atoms. The van der Waals surface area contributed by atoms with Crippen molar-refractivity contribution >= 4 is 28.3 Å². The van der Waals surface area contributed by atoms with E-state index in [0.29, 0.717) is 5.56 Å². The molecule has 0 aliphatic heterocycles. The highest BCUT2D eigenvalue weighted by Gasteiger charge is 2.24. The standard InChI is InChI=1S/C20H13NO4/c1-25-18-11-17-15(13-5-2-6-14(10-13)21(23)24)9-8-12-4-3-7-16(19(12)17)20(18)22/h2-11H,1H3. The zero-order chi connectivity index (χ0) is 17.6. The summed E-state index contributed by atoms with van der Waals surface area (Å²) in [7, 11) is 1.46. The van der Waals surface area contributed by atoms with Gasteiger partial charge in [0.25, 0.3) is 5.69 Å². The molecule has 3 aromatic carbocycles. The Balaban J connectivity index is 2.05. The molecule has 0 atom stereocenters. The summed E-state index contributed by atoms with van der Waals surface area (Å²) in [5, 5.41) is 12.9. The predicted molar refractivity (Wildman–Crippen MR) is 95.4 cm³/mol. The third-order valence-corrected chi connectivity index (χ3v) is 4.42. The van der Waals surface area contributed by atoms with Crippen molar-refractivity contribution < 1.29 is 14.5 Å². The topological polar surface area (TPSA) is 69.4 Å². The Morgan fingerprint density at radius 2 is 1.80 bits per heavy atom. The summed E-state index contributed by atoms with van der Waals surface area (Å²) in [5.74, 6) is 0.106. The number of ketones is 1. The smallest absolute Gasteiger partial charge is 0.270 e. The van der Waals surface area contributed by atoms with Crippen LogP contribution in [0, 0.1) is 10.1 Å². The van der Waals surface area contributed by atoms with Gasteiger partial charge in [0.15, 0.2) is 5.76 Å². The number of hydrogen-bond donors (Lipinski definition) is 0. The first-order valence-electron chi connectivity index (χ1n) is 7.71. The van der Waals surface area contributed by atoms with Gasteiger partial charge in [-0.15, -0.1) is 0 Å². The van der Waals surface area contributed by atoms with Crippen LogP contribution in [-0.4, -0.2) is 17.8 Å². The summed E-state index contributed by atoms with van der Waals surface area (Å²) >= 11 is 0. The minimum absolute atomic E-state index is 0.0286. The molecule has 3 aromatic rings. The number of nitro benzene ring substituents is 1. The van der Waals surface area contributed by atoms with Crippen LogP contribution in [0.2, 0.25) is 0 Å². The molecule has 0 spiro atoms. The summed E-state index contributed by atoms with van der Waals surface area (Å²) in [4.78, 5) is 23.2. The highest BCUT2D eigenvalue weighted by atomic mass is 16.6. The summed E-state index contributed by atoms with van der Waals surface area (Å²) < 4.78 is 5.25. The van der Waals surface area contributed by atoms with Crippen LogP contribution in [0.25, 0.3) is 28.0 Å². The average Bonchev–Trinajstić information content (AvgIpc) is 2.64. The fraction of sp³-hybridized carbons (Fsp3) is 0.0500. The van der Waals surface area contributed by atoms with E-state index in [0.717, 1.165) is 27.5 Å². The number of nitrogens with zero attached hydrogens (tertiary/aromatic N) is 1. The molecule has 1 aliphatic rings. The molecule has 0 saturated heterocycles. The first-order chi connectivity index (χ1) is 12.1. The van der Waals surface area contributed by atoms with Gasteiger partial charge in [-0.05, 0) is 28.2 Å². The van der Waals surface area contributed by atoms with Gasteiger partial charge in [-0.3, -0.25) is 14.9 Å². The van der Waals surface area contributed by atoms with Gasteiger partial charge in [0.1, 0.15) is 0 Å². The van der Waals surface area contributed by atoms with Crippen LogP contribution in [0.5, 0.6) is 0 Å². The lowest BCUT2D eigenvalue weighted by Gasteiger charge is -2.19. The molecule has 4 rings (SSSR count). The molecule has 0 N–H and O–H groups in total. The van der Waals surface area contributed by atoms with E-state index in [9.17, 15) is 14.9 Å². The molecule has 0 saturated carbocycles. The Hall–Kier alpha value is -3.47. The first-order valence-corrected chi connectivity index (χ1v) is 7.71. The number of hydrogen-bond acceptors (Lipinski definition) is 4. The number of carbonyl (C=O) groups excluding carboxylic acids is 1. The molecule has 122 valence electrons. The van der Waals surface area contributed by atoms with Crippen LogP contribution < -0.4 is 0 Å². The quantitative estimate of drug-likeness (QED) is 0.519. The molecule has 0 heterocycles. The Morgan fingerprint density at radius 1 is 1.00 bits per heavy atom.